The van der Waals surface area contributed by atoms with Crippen molar-refractivity contribution in [2.45, 2.75) is 31.6 Å². The number of nitrogens with one attached hydrogen (secondary N) is 1. The molecule has 110 valence electrons. The lowest BCUT2D eigenvalue weighted by molar-refractivity contribution is -0.138. The number of carbonyl (C=O) groups is 2. The van der Waals surface area contributed by atoms with E-state index in [0.29, 0.717) is 16.8 Å². The van der Waals surface area contributed by atoms with Gasteiger partial charge in [0.1, 0.15) is 0 Å². The van der Waals surface area contributed by atoms with Gasteiger partial charge in [0, 0.05) is 12.1 Å². The molecule has 4 N–H and O–H groups in total. The molecule has 0 unspecified atom stereocenters. The first-order valence-corrected chi connectivity index (χ1v) is 7.31. The number of rotatable bonds is 5. The highest BCUT2D eigenvalue weighted by atomic mass is 32.2. The molecule has 0 fully saturated rings. The topological polar surface area (TPSA) is 127 Å². The van der Waals surface area contributed by atoms with Gasteiger partial charge in [-0.15, -0.1) is 0 Å². The number of benzene rings is 1. The van der Waals surface area contributed by atoms with Crippen LogP contribution in [0.1, 0.15) is 24.0 Å². The van der Waals surface area contributed by atoms with Crippen LogP contribution in [-0.4, -0.2) is 25.4 Å². The Bertz CT molecular complexity index is 652. The van der Waals surface area contributed by atoms with E-state index in [1.807, 2.05) is 0 Å². The van der Waals surface area contributed by atoms with Gasteiger partial charge in [0.25, 0.3) is 0 Å². The summed E-state index contributed by atoms with van der Waals surface area (Å²) in [4.78, 5) is 21.9. The van der Waals surface area contributed by atoms with Crippen LogP contribution in [0, 0.1) is 13.8 Å². The minimum Gasteiger partial charge on any atom is -0.481 e. The van der Waals surface area contributed by atoms with Crippen LogP contribution in [0.5, 0.6) is 0 Å². The normalized spacial score (nSPS) is 11.2. The predicted molar refractivity (Wildman–Crippen MR) is 72.8 cm³/mol. The number of anilines is 1. The summed E-state index contributed by atoms with van der Waals surface area (Å²) in [6, 6.07) is 2.67. The molecule has 0 aliphatic carbocycles. The van der Waals surface area contributed by atoms with Crippen LogP contribution in [0.3, 0.4) is 0 Å². The standard InChI is InChI=1S/C12H16N2O5S/c1-7-5-9(20(13,18)19)6-10(8(7)2)14-11(15)3-4-12(16)17/h5-6H,3-4H2,1-2H3,(H,14,15)(H,16,17)(H2,13,18,19). The highest BCUT2D eigenvalue weighted by Gasteiger charge is 2.14. The maximum atomic E-state index is 11.6. The first-order chi connectivity index (χ1) is 9.11. The molecule has 1 rings (SSSR count). The van der Waals surface area contributed by atoms with Gasteiger partial charge in [0.2, 0.25) is 15.9 Å². The summed E-state index contributed by atoms with van der Waals surface area (Å²) in [7, 11) is -3.87. The summed E-state index contributed by atoms with van der Waals surface area (Å²) in [5, 5.41) is 16.1. The summed E-state index contributed by atoms with van der Waals surface area (Å²) in [5.74, 6) is -1.58. The second-order valence-corrected chi connectivity index (χ2v) is 5.96. The maximum Gasteiger partial charge on any atom is 0.303 e. The van der Waals surface area contributed by atoms with E-state index in [2.05, 4.69) is 5.32 Å². The Balaban J connectivity index is 3.03. The monoisotopic (exact) mass is 300 g/mol. The average Bonchev–Trinajstić information content (AvgIpc) is 2.30. The van der Waals surface area contributed by atoms with Crippen molar-refractivity contribution in [2.75, 3.05) is 5.32 Å². The third-order valence-electron chi connectivity index (χ3n) is 2.81. The van der Waals surface area contributed by atoms with Crippen molar-refractivity contribution in [3.05, 3.63) is 23.3 Å². The number of amides is 1. The molecule has 0 spiro atoms. The molecule has 0 aromatic heterocycles. The van der Waals surface area contributed by atoms with Crippen LogP contribution in [0.15, 0.2) is 17.0 Å². The van der Waals surface area contributed by atoms with E-state index in [9.17, 15) is 18.0 Å². The zero-order valence-electron chi connectivity index (χ0n) is 11.1. The Hall–Kier alpha value is -1.93. The van der Waals surface area contributed by atoms with Crippen LogP contribution in [0.2, 0.25) is 0 Å². The van der Waals surface area contributed by atoms with Crippen LogP contribution in [0.4, 0.5) is 5.69 Å². The first-order valence-electron chi connectivity index (χ1n) is 5.77. The van der Waals surface area contributed by atoms with Crippen LogP contribution in [-0.2, 0) is 19.6 Å². The Morgan fingerprint density at radius 1 is 1.25 bits per heavy atom. The second-order valence-electron chi connectivity index (χ2n) is 4.40. The van der Waals surface area contributed by atoms with Gasteiger partial charge < -0.3 is 10.4 Å². The molecule has 20 heavy (non-hydrogen) atoms. The minimum absolute atomic E-state index is 0.103. The van der Waals surface area contributed by atoms with Crippen molar-refractivity contribution >= 4 is 27.6 Å². The fourth-order valence-electron chi connectivity index (χ4n) is 1.55. The van der Waals surface area contributed by atoms with Gasteiger partial charge in [0.15, 0.2) is 0 Å². The van der Waals surface area contributed by atoms with E-state index in [4.69, 9.17) is 10.2 Å². The molecule has 0 atom stereocenters. The van der Waals surface area contributed by atoms with E-state index in [1.165, 1.54) is 12.1 Å². The van der Waals surface area contributed by atoms with Gasteiger partial charge in [-0.25, -0.2) is 13.6 Å². The van der Waals surface area contributed by atoms with Crippen molar-refractivity contribution < 1.29 is 23.1 Å². The Morgan fingerprint density at radius 2 is 1.85 bits per heavy atom. The van der Waals surface area contributed by atoms with E-state index in [1.54, 1.807) is 13.8 Å². The molecule has 1 aromatic carbocycles. The number of hydrogen-bond acceptors (Lipinski definition) is 4. The Kier molecular flexibility index (Phi) is 4.85. The maximum absolute atomic E-state index is 11.6. The summed E-state index contributed by atoms with van der Waals surface area (Å²) < 4.78 is 22.7. The first kappa shape index (κ1) is 16.1. The zero-order chi connectivity index (χ0) is 15.5. The number of carboxylic acids is 1. The molecule has 0 aliphatic rings. The molecule has 1 aromatic rings. The number of aliphatic carboxylic acids is 1. The van der Waals surface area contributed by atoms with Crippen molar-refractivity contribution in [1.82, 2.24) is 0 Å². The van der Waals surface area contributed by atoms with Gasteiger partial charge in [-0.05, 0) is 37.1 Å². The lowest BCUT2D eigenvalue weighted by atomic mass is 10.1. The summed E-state index contributed by atoms with van der Waals surface area (Å²) in [5.41, 5.74) is 1.66. The quantitative estimate of drug-likeness (QED) is 0.739. The van der Waals surface area contributed by atoms with Gasteiger partial charge in [-0.2, -0.15) is 0 Å². The molecule has 8 heteroatoms. The largest absolute Gasteiger partial charge is 0.481 e. The number of primary sulfonamides is 1. The molecule has 1 amide bonds. The molecule has 0 saturated carbocycles. The van der Waals surface area contributed by atoms with Crippen molar-refractivity contribution in [3.63, 3.8) is 0 Å². The highest BCUT2D eigenvalue weighted by molar-refractivity contribution is 7.89. The summed E-state index contributed by atoms with van der Waals surface area (Å²) >= 11 is 0. The predicted octanol–water partition coefficient (Wildman–Crippen LogP) is 0.754. The minimum atomic E-state index is -3.87. The van der Waals surface area contributed by atoms with Gasteiger partial charge in [-0.1, -0.05) is 0 Å². The highest BCUT2D eigenvalue weighted by Crippen LogP contribution is 2.23. The van der Waals surface area contributed by atoms with Gasteiger partial charge in [-0.3, -0.25) is 9.59 Å². The number of hydrogen-bond donors (Lipinski definition) is 3. The molecular formula is C12H16N2O5S. The lowest BCUT2D eigenvalue weighted by Crippen LogP contribution is -2.17. The van der Waals surface area contributed by atoms with Gasteiger partial charge in [0.05, 0.1) is 11.3 Å². The number of nitrogens with two attached hydrogens (primary N) is 1. The fourth-order valence-corrected chi connectivity index (χ4v) is 2.18. The molecular weight excluding hydrogens is 284 g/mol. The molecule has 0 heterocycles. The van der Waals surface area contributed by atoms with Crippen molar-refractivity contribution in [2.24, 2.45) is 5.14 Å². The zero-order valence-corrected chi connectivity index (χ0v) is 12.0. The number of carbonyl (C=O) groups excluding carboxylic acids is 1. The van der Waals surface area contributed by atoms with Crippen LogP contribution >= 0.6 is 0 Å². The van der Waals surface area contributed by atoms with Crippen molar-refractivity contribution in [3.8, 4) is 0 Å². The van der Waals surface area contributed by atoms with E-state index >= 15 is 0 Å². The molecule has 0 bridgehead atoms. The van der Waals surface area contributed by atoms with Crippen LogP contribution < -0.4 is 10.5 Å². The fraction of sp³-hybridized carbons (Fsp3) is 0.333. The third-order valence-corrected chi connectivity index (χ3v) is 3.70. The number of carboxylic acid groups (broad SMARTS) is 1. The second kappa shape index (κ2) is 6.02. The summed E-state index contributed by atoms with van der Waals surface area (Å²) in [6.07, 6.45) is -0.480. The summed E-state index contributed by atoms with van der Waals surface area (Å²) in [6.45, 7) is 3.41. The Labute approximate surface area is 116 Å². The molecule has 0 radical (unpaired) electrons. The molecule has 0 aliphatic heterocycles. The lowest BCUT2D eigenvalue weighted by Gasteiger charge is -2.12. The smallest absolute Gasteiger partial charge is 0.303 e. The van der Waals surface area contributed by atoms with E-state index < -0.39 is 21.9 Å². The third kappa shape index (κ3) is 4.32. The molecule has 7 nitrogen and oxygen atoms in total. The number of aryl methyl sites for hydroxylation is 1. The van der Waals surface area contributed by atoms with E-state index in [-0.39, 0.29) is 17.7 Å². The Morgan fingerprint density at radius 3 is 2.35 bits per heavy atom. The average molecular weight is 300 g/mol. The van der Waals surface area contributed by atoms with Crippen molar-refractivity contribution in [1.29, 1.82) is 0 Å². The van der Waals surface area contributed by atoms with Crippen LogP contribution in [0.25, 0.3) is 0 Å². The molecule has 0 saturated heterocycles. The SMILES string of the molecule is Cc1cc(S(N)(=O)=O)cc(NC(=O)CCC(=O)O)c1C. The number of sulfonamides is 1. The van der Waals surface area contributed by atoms with Gasteiger partial charge >= 0.3 is 5.97 Å². The van der Waals surface area contributed by atoms with E-state index in [0.717, 1.165) is 0 Å².